The van der Waals surface area contributed by atoms with Crippen molar-refractivity contribution in [2.24, 2.45) is 5.92 Å². The predicted octanol–water partition coefficient (Wildman–Crippen LogP) is 2.49. The smallest absolute Gasteiger partial charge is 0.123 e. The summed E-state index contributed by atoms with van der Waals surface area (Å²) >= 11 is 0. The highest BCUT2D eigenvalue weighted by atomic mass is 19.1. The molecule has 1 aromatic carbocycles. The molecule has 2 nitrogen and oxygen atoms in total. The fourth-order valence-corrected chi connectivity index (χ4v) is 1.81. The van der Waals surface area contributed by atoms with E-state index in [4.69, 9.17) is 0 Å². The van der Waals surface area contributed by atoms with Gasteiger partial charge in [-0.1, -0.05) is 32.9 Å². The Kier molecular flexibility index (Phi) is 4.90. The Labute approximate surface area is 96.5 Å². The number of nitrogens with one attached hydrogen (secondary N) is 1. The van der Waals surface area contributed by atoms with Crippen molar-refractivity contribution >= 4 is 0 Å². The summed E-state index contributed by atoms with van der Waals surface area (Å²) in [6.45, 7) is 6.92. The Balaban J connectivity index is 2.81. The molecule has 1 aromatic rings. The van der Waals surface area contributed by atoms with E-state index in [2.05, 4.69) is 19.2 Å². The molecule has 2 atom stereocenters. The summed E-state index contributed by atoms with van der Waals surface area (Å²) in [6, 6.07) is 6.01. The van der Waals surface area contributed by atoms with Gasteiger partial charge in [-0.25, -0.2) is 4.39 Å². The third-order valence-electron chi connectivity index (χ3n) is 2.71. The van der Waals surface area contributed by atoms with Gasteiger partial charge in [0.1, 0.15) is 5.82 Å². The Bertz CT molecular complexity index is 310. The van der Waals surface area contributed by atoms with Crippen LogP contribution in [-0.4, -0.2) is 17.7 Å². The molecule has 0 aromatic heterocycles. The van der Waals surface area contributed by atoms with Crippen LogP contribution in [-0.2, 0) is 0 Å². The predicted molar refractivity (Wildman–Crippen MR) is 63.7 cm³/mol. The van der Waals surface area contributed by atoms with Gasteiger partial charge < -0.3 is 10.4 Å². The third-order valence-corrected chi connectivity index (χ3v) is 2.71. The normalized spacial score (nSPS) is 15.1. The molecule has 0 saturated heterocycles. The fourth-order valence-electron chi connectivity index (χ4n) is 1.81. The number of hydrogen-bond donors (Lipinski definition) is 2. The number of hydrogen-bond acceptors (Lipinski definition) is 2. The molecule has 0 radical (unpaired) electrons. The lowest BCUT2D eigenvalue weighted by atomic mass is 9.93. The van der Waals surface area contributed by atoms with E-state index in [1.165, 1.54) is 12.1 Å². The van der Waals surface area contributed by atoms with Crippen molar-refractivity contribution in [1.82, 2.24) is 5.32 Å². The molecular formula is C13H20FNO. The van der Waals surface area contributed by atoms with Gasteiger partial charge >= 0.3 is 0 Å². The zero-order valence-electron chi connectivity index (χ0n) is 10.1. The van der Waals surface area contributed by atoms with Crippen LogP contribution in [0.4, 0.5) is 4.39 Å². The summed E-state index contributed by atoms with van der Waals surface area (Å²) in [5.41, 5.74) is 0.751. The highest BCUT2D eigenvalue weighted by molar-refractivity contribution is 5.20. The van der Waals surface area contributed by atoms with Gasteiger partial charge in [-0.05, 0) is 30.2 Å². The van der Waals surface area contributed by atoms with Crippen LogP contribution < -0.4 is 5.32 Å². The van der Waals surface area contributed by atoms with Crippen molar-refractivity contribution < 1.29 is 9.50 Å². The highest BCUT2D eigenvalue weighted by Gasteiger charge is 2.22. The lowest BCUT2D eigenvalue weighted by Crippen LogP contribution is -2.39. The van der Waals surface area contributed by atoms with E-state index < -0.39 is 6.10 Å². The topological polar surface area (TPSA) is 32.3 Å². The minimum absolute atomic E-state index is 0.00420. The molecule has 1 rings (SSSR count). The molecule has 2 unspecified atom stereocenters. The molecule has 0 spiro atoms. The average Bonchev–Trinajstić information content (AvgIpc) is 2.25. The molecule has 0 heterocycles. The molecule has 0 aliphatic rings. The minimum atomic E-state index is -0.597. The van der Waals surface area contributed by atoms with Gasteiger partial charge in [-0.15, -0.1) is 0 Å². The van der Waals surface area contributed by atoms with E-state index in [0.717, 1.165) is 12.1 Å². The molecule has 0 fully saturated rings. The molecular weight excluding hydrogens is 205 g/mol. The number of likely N-dealkylation sites (N-methyl/N-ethyl adjacent to an activating group) is 1. The van der Waals surface area contributed by atoms with Gasteiger partial charge in [0, 0.05) is 6.04 Å². The maximum absolute atomic E-state index is 12.8. The SMILES string of the molecule is CCNC(C(C)C)C(O)c1ccc(F)cc1. The number of aliphatic hydroxyl groups excluding tert-OH is 1. The van der Waals surface area contributed by atoms with E-state index in [1.807, 2.05) is 6.92 Å². The van der Waals surface area contributed by atoms with Crippen LogP contribution in [0.3, 0.4) is 0 Å². The first kappa shape index (κ1) is 13.1. The fraction of sp³-hybridized carbons (Fsp3) is 0.538. The van der Waals surface area contributed by atoms with Gasteiger partial charge in [0.2, 0.25) is 0 Å². The Morgan fingerprint density at radius 1 is 1.25 bits per heavy atom. The van der Waals surface area contributed by atoms with E-state index in [9.17, 15) is 9.50 Å². The van der Waals surface area contributed by atoms with E-state index in [-0.39, 0.29) is 11.9 Å². The monoisotopic (exact) mass is 225 g/mol. The van der Waals surface area contributed by atoms with Crippen molar-refractivity contribution in [3.63, 3.8) is 0 Å². The third kappa shape index (κ3) is 3.29. The van der Waals surface area contributed by atoms with Gasteiger partial charge in [0.15, 0.2) is 0 Å². The van der Waals surface area contributed by atoms with Gasteiger partial charge in [0.25, 0.3) is 0 Å². The first-order chi connectivity index (χ1) is 7.56. The Morgan fingerprint density at radius 3 is 2.25 bits per heavy atom. The van der Waals surface area contributed by atoms with E-state index in [0.29, 0.717) is 5.92 Å². The molecule has 16 heavy (non-hydrogen) atoms. The molecule has 2 N–H and O–H groups in total. The second-order valence-electron chi connectivity index (χ2n) is 4.32. The van der Waals surface area contributed by atoms with Gasteiger partial charge in [0.05, 0.1) is 6.10 Å². The molecule has 0 aliphatic carbocycles. The van der Waals surface area contributed by atoms with Crippen LogP contribution in [0, 0.1) is 11.7 Å². The van der Waals surface area contributed by atoms with E-state index >= 15 is 0 Å². The first-order valence-electron chi connectivity index (χ1n) is 5.73. The molecule has 0 amide bonds. The standard InChI is InChI=1S/C13H20FNO/c1-4-15-12(9(2)3)13(16)10-5-7-11(14)8-6-10/h5-9,12-13,15-16H,4H2,1-3H3. The van der Waals surface area contributed by atoms with Crippen LogP contribution in [0.1, 0.15) is 32.4 Å². The van der Waals surface area contributed by atoms with Crippen molar-refractivity contribution in [1.29, 1.82) is 0 Å². The minimum Gasteiger partial charge on any atom is -0.387 e. The summed E-state index contributed by atoms with van der Waals surface area (Å²) in [4.78, 5) is 0. The van der Waals surface area contributed by atoms with Crippen molar-refractivity contribution in [2.75, 3.05) is 6.54 Å². The maximum atomic E-state index is 12.8. The molecule has 0 aliphatic heterocycles. The van der Waals surface area contributed by atoms with Crippen molar-refractivity contribution in [3.8, 4) is 0 Å². The second-order valence-corrected chi connectivity index (χ2v) is 4.32. The van der Waals surface area contributed by atoms with Crippen LogP contribution >= 0.6 is 0 Å². The number of benzene rings is 1. The van der Waals surface area contributed by atoms with Crippen LogP contribution in [0.25, 0.3) is 0 Å². The Morgan fingerprint density at radius 2 is 1.81 bits per heavy atom. The van der Waals surface area contributed by atoms with E-state index in [1.54, 1.807) is 12.1 Å². The van der Waals surface area contributed by atoms with Gasteiger partial charge in [-0.2, -0.15) is 0 Å². The van der Waals surface area contributed by atoms with Crippen molar-refractivity contribution in [3.05, 3.63) is 35.6 Å². The van der Waals surface area contributed by atoms with Crippen LogP contribution in [0.5, 0.6) is 0 Å². The zero-order valence-corrected chi connectivity index (χ0v) is 10.1. The molecule has 3 heteroatoms. The quantitative estimate of drug-likeness (QED) is 0.807. The summed E-state index contributed by atoms with van der Waals surface area (Å²) < 4.78 is 12.8. The maximum Gasteiger partial charge on any atom is 0.123 e. The largest absolute Gasteiger partial charge is 0.387 e. The molecule has 0 bridgehead atoms. The number of aliphatic hydroxyl groups is 1. The number of halogens is 1. The molecule has 0 saturated carbocycles. The molecule has 90 valence electrons. The lowest BCUT2D eigenvalue weighted by molar-refractivity contribution is 0.106. The van der Waals surface area contributed by atoms with Gasteiger partial charge in [-0.3, -0.25) is 0 Å². The summed E-state index contributed by atoms with van der Waals surface area (Å²) in [6.07, 6.45) is -0.597. The average molecular weight is 225 g/mol. The van der Waals surface area contributed by atoms with Crippen molar-refractivity contribution in [2.45, 2.75) is 32.9 Å². The van der Waals surface area contributed by atoms with Crippen LogP contribution in [0.2, 0.25) is 0 Å². The summed E-state index contributed by atoms with van der Waals surface area (Å²) in [5.74, 6) is 0.0421. The summed E-state index contributed by atoms with van der Waals surface area (Å²) in [7, 11) is 0. The zero-order chi connectivity index (χ0) is 12.1. The second kappa shape index (κ2) is 5.97. The Hall–Kier alpha value is -0.930. The lowest BCUT2D eigenvalue weighted by Gasteiger charge is -2.27. The number of rotatable bonds is 5. The highest BCUT2D eigenvalue weighted by Crippen LogP contribution is 2.21. The first-order valence-corrected chi connectivity index (χ1v) is 5.73. The summed E-state index contributed by atoms with van der Waals surface area (Å²) in [5, 5.41) is 13.4. The van der Waals surface area contributed by atoms with Crippen LogP contribution in [0.15, 0.2) is 24.3 Å².